The Kier molecular flexibility index (Phi) is 5.08. The Hall–Kier alpha value is -0.940. The predicted molar refractivity (Wildman–Crippen MR) is 69.3 cm³/mol. The van der Waals surface area contributed by atoms with Crippen LogP contribution in [0, 0.1) is 19.8 Å². The van der Waals surface area contributed by atoms with Crippen LogP contribution in [0.1, 0.15) is 29.4 Å². The summed E-state index contributed by atoms with van der Waals surface area (Å²) in [6.07, 6.45) is 0. The minimum absolute atomic E-state index is 0.0918. The lowest BCUT2D eigenvalue weighted by molar-refractivity contribution is -0.138. The first-order chi connectivity index (χ1) is 7.88. The van der Waals surface area contributed by atoms with Crippen LogP contribution in [0.5, 0.6) is 0 Å². The van der Waals surface area contributed by atoms with E-state index in [1.165, 1.54) is 4.88 Å². The van der Waals surface area contributed by atoms with Crippen LogP contribution in [-0.2, 0) is 11.3 Å². The largest absolute Gasteiger partial charge is 0.480 e. The molecule has 0 saturated carbocycles. The van der Waals surface area contributed by atoms with E-state index in [0.717, 1.165) is 17.2 Å². The second-order valence-corrected chi connectivity index (χ2v) is 5.99. The molecule has 96 valence electrons. The fraction of sp³-hybridized carbons (Fsp3) is 0.667. The summed E-state index contributed by atoms with van der Waals surface area (Å²) < 4.78 is 0. The molecule has 4 nitrogen and oxygen atoms in total. The van der Waals surface area contributed by atoms with Crippen molar-refractivity contribution < 1.29 is 9.90 Å². The Balaban J connectivity index is 2.71. The molecule has 1 aromatic rings. The van der Waals surface area contributed by atoms with Crippen LogP contribution in [0.15, 0.2) is 0 Å². The van der Waals surface area contributed by atoms with E-state index in [0.29, 0.717) is 12.5 Å². The van der Waals surface area contributed by atoms with Crippen molar-refractivity contribution in [1.29, 1.82) is 0 Å². The smallest absolute Gasteiger partial charge is 0.317 e. The van der Waals surface area contributed by atoms with E-state index in [1.807, 2.05) is 18.7 Å². The van der Waals surface area contributed by atoms with Gasteiger partial charge in [-0.15, -0.1) is 11.3 Å². The lowest BCUT2D eigenvalue weighted by Gasteiger charge is -2.21. The molecule has 0 aliphatic carbocycles. The molecule has 0 spiro atoms. The predicted octanol–water partition coefficient (Wildman–Crippen LogP) is 2.30. The van der Waals surface area contributed by atoms with Gasteiger partial charge in [0.05, 0.1) is 17.2 Å². The highest BCUT2D eigenvalue weighted by Crippen LogP contribution is 2.19. The molecular weight excluding hydrogens is 236 g/mol. The van der Waals surface area contributed by atoms with Crippen molar-refractivity contribution in [3.63, 3.8) is 0 Å². The monoisotopic (exact) mass is 256 g/mol. The lowest BCUT2D eigenvalue weighted by Crippen LogP contribution is -2.32. The average molecular weight is 256 g/mol. The van der Waals surface area contributed by atoms with Crippen LogP contribution in [0.25, 0.3) is 0 Å². The highest BCUT2D eigenvalue weighted by Gasteiger charge is 2.15. The molecule has 0 aliphatic rings. The number of carbonyl (C=O) groups is 1. The Morgan fingerprint density at radius 2 is 2.12 bits per heavy atom. The molecule has 1 aromatic heterocycles. The van der Waals surface area contributed by atoms with Gasteiger partial charge in [0.1, 0.15) is 0 Å². The number of thiazole rings is 1. The topological polar surface area (TPSA) is 53.4 Å². The van der Waals surface area contributed by atoms with Gasteiger partial charge in [0.25, 0.3) is 0 Å². The molecule has 0 bridgehead atoms. The van der Waals surface area contributed by atoms with Gasteiger partial charge >= 0.3 is 5.97 Å². The first-order valence-corrected chi connectivity index (χ1v) is 6.57. The van der Waals surface area contributed by atoms with Gasteiger partial charge in [-0.1, -0.05) is 13.8 Å². The molecule has 1 heterocycles. The minimum atomic E-state index is -0.774. The van der Waals surface area contributed by atoms with E-state index < -0.39 is 5.97 Å². The van der Waals surface area contributed by atoms with Gasteiger partial charge in [-0.05, 0) is 19.8 Å². The molecule has 0 amide bonds. The maximum absolute atomic E-state index is 10.8. The standard InChI is InChI=1S/C12H20N2O2S/c1-8(2)5-14(7-12(15)16)6-11-9(3)13-10(4)17-11/h8H,5-7H2,1-4H3,(H,15,16). The highest BCUT2D eigenvalue weighted by atomic mass is 32.1. The van der Waals surface area contributed by atoms with Gasteiger partial charge in [0.15, 0.2) is 0 Å². The van der Waals surface area contributed by atoms with Crippen molar-refractivity contribution in [3.05, 3.63) is 15.6 Å². The normalized spacial score (nSPS) is 11.4. The van der Waals surface area contributed by atoms with E-state index in [-0.39, 0.29) is 6.54 Å². The van der Waals surface area contributed by atoms with Crippen LogP contribution in [0.2, 0.25) is 0 Å². The first-order valence-electron chi connectivity index (χ1n) is 5.75. The molecule has 0 atom stereocenters. The molecular formula is C12H20N2O2S. The lowest BCUT2D eigenvalue weighted by atomic mass is 10.2. The van der Waals surface area contributed by atoms with Gasteiger partial charge < -0.3 is 5.11 Å². The summed E-state index contributed by atoms with van der Waals surface area (Å²) in [5.41, 5.74) is 1.02. The zero-order valence-electron chi connectivity index (χ0n) is 10.9. The second kappa shape index (κ2) is 6.12. The van der Waals surface area contributed by atoms with Crippen LogP contribution >= 0.6 is 11.3 Å². The van der Waals surface area contributed by atoms with Gasteiger partial charge in [-0.2, -0.15) is 0 Å². The third-order valence-electron chi connectivity index (χ3n) is 2.35. The van der Waals surface area contributed by atoms with Crippen LogP contribution in [0.4, 0.5) is 0 Å². The number of carboxylic acid groups (broad SMARTS) is 1. The second-order valence-electron chi connectivity index (χ2n) is 4.70. The molecule has 17 heavy (non-hydrogen) atoms. The number of hydrogen-bond donors (Lipinski definition) is 1. The summed E-state index contributed by atoms with van der Waals surface area (Å²) in [4.78, 5) is 18.3. The number of nitrogens with zero attached hydrogens (tertiary/aromatic N) is 2. The van der Waals surface area contributed by atoms with Crippen molar-refractivity contribution >= 4 is 17.3 Å². The van der Waals surface area contributed by atoms with E-state index in [9.17, 15) is 4.79 Å². The maximum atomic E-state index is 10.8. The molecule has 0 radical (unpaired) electrons. The summed E-state index contributed by atoms with van der Waals surface area (Å²) in [6.45, 7) is 9.72. The number of carboxylic acids is 1. The number of aryl methyl sites for hydroxylation is 2. The summed E-state index contributed by atoms with van der Waals surface area (Å²) in [7, 11) is 0. The molecule has 1 N–H and O–H groups in total. The zero-order valence-corrected chi connectivity index (χ0v) is 11.7. The maximum Gasteiger partial charge on any atom is 0.317 e. The fourth-order valence-corrected chi connectivity index (χ4v) is 2.80. The van der Waals surface area contributed by atoms with E-state index in [4.69, 9.17) is 5.11 Å². The molecule has 0 unspecified atom stereocenters. The Bertz CT molecular complexity index is 388. The summed E-state index contributed by atoms with van der Waals surface area (Å²) in [5.74, 6) is -0.312. The summed E-state index contributed by atoms with van der Waals surface area (Å²) >= 11 is 1.65. The zero-order chi connectivity index (χ0) is 13.0. The van der Waals surface area contributed by atoms with Crippen molar-refractivity contribution in [2.24, 2.45) is 5.92 Å². The van der Waals surface area contributed by atoms with Gasteiger partial charge in [-0.25, -0.2) is 4.98 Å². The van der Waals surface area contributed by atoms with Crippen molar-refractivity contribution in [1.82, 2.24) is 9.88 Å². The molecule has 0 aliphatic heterocycles. The number of aliphatic carboxylic acids is 1. The third-order valence-corrected chi connectivity index (χ3v) is 3.41. The van der Waals surface area contributed by atoms with E-state index in [1.54, 1.807) is 11.3 Å². The van der Waals surface area contributed by atoms with Crippen molar-refractivity contribution in [2.75, 3.05) is 13.1 Å². The van der Waals surface area contributed by atoms with Crippen LogP contribution in [0.3, 0.4) is 0 Å². The average Bonchev–Trinajstić information content (AvgIpc) is 2.42. The van der Waals surface area contributed by atoms with Gasteiger partial charge in [0.2, 0.25) is 0 Å². The molecule has 1 rings (SSSR count). The molecule has 0 fully saturated rings. The molecule has 0 aromatic carbocycles. The van der Waals surface area contributed by atoms with Crippen LogP contribution < -0.4 is 0 Å². The molecule has 5 heteroatoms. The Morgan fingerprint density at radius 3 is 2.53 bits per heavy atom. The summed E-state index contributed by atoms with van der Waals surface area (Å²) in [6, 6.07) is 0. The highest BCUT2D eigenvalue weighted by molar-refractivity contribution is 7.11. The minimum Gasteiger partial charge on any atom is -0.480 e. The van der Waals surface area contributed by atoms with Crippen molar-refractivity contribution in [3.8, 4) is 0 Å². The number of hydrogen-bond acceptors (Lipinski definition) is 4. The van der Waals surface area contributed by atoms with E-state index in [2.05, 4.69) is 18.8 Å². The third kappa shape index (κ3) is 4.83. The van der Waals surface area contributed by atoms with Gasteiger partial charge in [-0.3, -0.25) is 9.69 Å². The summed E-state index contributed by atoms with van der Waals surface area (Å²) in [5, 5.41) is 9.93. The van der Waals surface area contributed by atoms with E-state index >= 15 is 0 Å². The quantitative estimate of drug-likeness (QED) is 0.848. The Morgan fingerprint density at radius 1 is 1.47 bits per heavy atom. The van der Waals surface area contributed by atoms with Crippen LogP contribution in [-0.4, -0.2) is 34.0 Å². The van der Waals surface area contributed by atoms with Gasteiger partial charge in [0, 0.05) is 18.0 Å². The molecule has 0 saturated heterocycles. The van der Waals surface area contributed by atoms with Crippen molar-refractivity contribution in [2.45, 2.75) is 34.2 Å². The number of rotatable bonds is 6. The fourth-order valence-electron chi connectivity index (χ4n) is 1.82. The number of aromatic nitrogens is 1. The SMILES string of the molecule is Cc1nc(C)c(CN(CC(=O)O)CC(C)C)s1. The first kappa shape index (κ1) is 14.1. The Labute approximate surface area is 106 Å².